The Morgan fingerprint density at radius 2 is 2.25 bits per heavy atom. The van der Waals surface area contributed by atoms with Crippen molar-refractivity contribution in [3.05, 3.63) is 36.2 Å². The third-order valence-corrected chi connectivity index (χ3v) is 3.72. The van der Waals surface area contributed by atoms with E-state index in [2.05, 4.69) is 10.4 Å². The van der Waals surface area contributed by atoms with Crippen LogP contribution in [0.4, 0.5) is 0 Å². The number of carbonyl (C=O) groups excluding carboxylic acids is 2. The molecule has 104 valence electrons. The van der Waals surface area contributed by atoms with E-state index < -0.39 is 0 Å². The van der Waals surface area contributed by atoms with E-state index >= 15 is 0 Å². The molecule has 3 heterocycles. The van der Waals surface area contributed by atoms with Crippen LogP contribution in [-0.4, -0.2) is 46.0 Å². The first-order valence-electron chi connectivity index (χ1n) is 6.67. The molecule has 2 amide bonds. The molecule has 20 heavy (non-hydrogen) atoms. The van der Waals surface area contributed by atoms with Crippen LogP contribution in [-0.2, 0) is 4.79 Å². The lowest BCUT2D eigenvalue weighted by molar-refractivity contribution is -0.124. The average Bonchev–Trinajstić information content (AvgIpc) is 3.12. The lowest BCUT2D eigenvalue weighted by Crippen LogP contribution is -2.44. The molecule has 1 N–H and O–H groups in total. The number of likely N-dealkylation sites (tertiary alicyclic amines) is 1. The summed E-state index contributed by atoms with van der Waals surface area (Å²) >= 11 is 0. The minimum absolute atomic E-state index is 0.104. The van der Waals surface area contributed by atoms with Crippen LogP contribution in [0, 0.1) is 0 Å². The maximum atomic E-state index is 12.6. The van der Waals surface area contributed by atoms with E-state index in [0.717, 1.165) is 11.9 Å². The fraction of sp³-hybridized carbons (Fsp3) is 0.357. The van der Waals surface area contributed by atoms with Crippen molar-refractivity contribution in [2.75, 3.05) is 13.6 Å². The average molecular weight is 272 g/mol. The molecule has 2 aromatic rings. The molecule has 1 aliphatic rings. The number of aromatic nitrogens is 2. The molecule has 1 atom stereocenters. The van der Waals surface area contributed by atoms with E-state index in [1.807, 2.05) is 18.2 Å². The Kier molecular flexibility index (Phi) is 3.14. The number of amides is 2. The van der Waals surface area contributed by atoms with Crippen molar-refractivity contribution < 1.29 is 9.59 Å². The zero-order valence-corrected chi connectivity index (χ0v) is 11.2. The zero-order valence-electron chi connectivity index (χ0n) is 11.2. The number of nitrogens with one attached hydrogen (secondary N) is 1. The van der Waals surface area contributed by atoms with Crippen molar-refractivity contribution in [2.45, 2.75) is 18.9 Å². The van der Waals surface area contributed by atoms with Gasteiger partial charge in [0.2, 0.25) is 5.91 Å². The van der Waals surface area contributed by atoms with Crippen molar-refractivity contribution in [1.29, 1.82) is 0 Å². The SMILES string of the molecule is CNC(=O)C1CCCN1C(=O)c1cnn2ccccc12. The highest BCUT2D eigenvalue weighted by Gasteiger charge is 2.34. The molecule has 2 aromatic heterocycles. The van der Waals surface area contributed by atoms with Gasteiger partial charge >= 0.3 is 0 Å². The highest BCUT2D eigenvalue weighted by atomic mass is 16.2. The number of likely N-dealkylation sites (N-methyl/N-ethyl adjacent to an activating group) is 1. The number of hydrogen-bond donors (Lipinski definition) is 1. The summed E-state index contributed by atoms with van der Waals surface area (Å²) < 4.78 is 1.66. The first-order valence-corrected chi connectivity index (χ1v) is 6.67. The van der Waals surface area contributed by atoms with Gasteiger partial charge in [0.15, 0.2) is 0 Å². The minimum atomic E-state index is -0.369. The third-order valence-electron chi connectivity index (χ3n) is 3.72. The highest BCUT2D eigenvalue weighted by molar-refractivity contribution is 6.02. The minimum Gasteiger partial charge on any atom is -0.357 e. The van der Waals surface area contributed by atoms with Crippen molar-refractivity contribution >= 4 is 17.3 Å². The molecule has 0 bridgehead atoms. The van der Waals surface area contributed by atoms with Gasteiger partial charge in [0.1, 0.15) is 6.04 Å². The van der Waals surface area contributed by atoms with Gasteiger partial charge in [0, 0.05) is 19.8 Å². The molecule has 3 rings (SSSR count). The monoisotopic (exact) mass is 272 g/mol. The van der Waals surface area contributed by atoms with Gasteiger partial charge in [0.05, 0.1) is 17.3 Å². The lowest BCUT2D eigenvalue weighted by atomic mass is 10.2. The maximum Gasteiger partial charge on any atom is 0.258 e. The van der Waals surface area contributed by atoms with Gasteiger partial charge in [-0.15, -0.1) is 0 Å². The molecular weight excluding hydrogens is 256 g/mol. The van der Waals surface area contributed by atoms with Gasteiger partial charge in [0.25, 0.3) is 5.91 Å². The summed E-state index contributed by atoms with van der Waals surface area (Å²) in [6.07, 6.45) is 4.93. The van der Waals surface area contributed by atoms with E-state index in [9.17, 15) is 9.59 Å². The van der Waals surface area contributed by atoms with Gasteiger partial charge in [-0.2, -0.15) is 5.10 Å². The Morgan fingerprint density at radius 3 is 3.05 bits per heavy atom. The van der Waals surface area contributed by atoms with Crippen LogP contribution in [0.5, 0.6) is 0 Å². The standard InChI is InChI=1S/C14H16N4O2/c1-15-13(19)12-6-4-7-17(12)14(20)10-9-16-18-8-3-2-5-11(10)18/h2-3,5,8-9,12H,4,6-7H2,1H3,(H,15,19). The van der Waals surface area contributed by atoms with Gasteiger partial charge in [-0.25, -0.2) is 4.52 Å². The Morgan fingerprint density at radius 1 is 1.40 bits per heavy atom. The number of pyridine rings is 1. The molecule has 1 fully saturated rings. The molecule has 0 aromatic carbocycles. The maximum absolute atomic E-state index is 12.6. The van der Waals surface area contributed by atoms with Crippen LogP contribution in [0.25, 0.3) is 5.52 Å². The lowest BCUT2D eigenvalue weighted by Gasteiger charge is -2.22. The number of rotatable bonds is 2. The summed E-state index contributed by atoms with van der Waals surface area (Å²) in [5, 5.41) is 6.79. The Bertz CT molecular complexity index is 664. The predicted octanol–water partition coefficient (Wildman–Crippen LogP) is 0.685. The number of carbonyl (C=O) groups is 2. The van der Waals surface area contributed by atoms with Crippen LogP contribution >= 0.6 is 0 Å². The molecule has 0 aliphatic carbocycles. The molecule has 1 aliphatic heterocycles. The first-order chi connectivity index (χ1) is 9.72. The summed E-state index contributed by atoms with van der Waals surface area (Å²) in [6.45, 7) is 0.612. The van der Waals surface area contributed by atoms with Gasteiger partial charge < -0.3 is 10.2 Å². The van der Waals surface area contributed by atoms with Crippen LogP contribution in [0.15, 0.2) is 30.6 Å². The smallest absolute Gasteiger partial charge is 0.258 e. The second-order valence-electron chi connectivity index (χ2n) is 4.86. The largest absolute Gasteiger partial charge is 0.357 e. The fourth-order valence-electron chi connectivity index (χ4n) is 2.70. The van der Waals surface area contributed by atoms with E-state index in [-0.39, 0.29) is 17.9 Å². The molecule has 0 spiro atoms. The summed E-state index contributed by atoms with van der Waals surface area (Å²) in [5.74, 6) is -0.232. The van der Waals surface area contributed by atoms with E-state index in [1.54, 1.807) is 28.9 Å². The first kappa shape index (κ1) is 12.7. The molecule has 1 unspecified atom stereocenters. The zero-order chi connectivity index (χ0) is 14.1. The van der Waals surface area contributed by atoms with E-state index in [4.69, 9.17) is 0 Å². The van der Waals surface area contributed by atoms with Crippen LogP contribution in [0.3, 0.4) is 0 Å². The van der Waals surface area contributed by atoms with Crippen LogP contribution in [0.2, 0.25) is 0 Å². The highest BCUT2D eigenvalue weighted by Crippen LogP contribution is 2.22. The fourth-order valence-corrected chi connectivity index (χ4v) is 2.70. The summed E-state index contributed by atoms with van der Waals surface area (Å²) in [7, 11) is 1.60. The molecular formula is C14H16N4O2. The van der Waals surface area contributed by atoms with Crippen molar-refractivity contribution in [3.63, 3.8) is 0 Å². The second kappa shape index (κ2) is 4.96. The molecule has 0 saturated carbocycles. The Hall–Kier alpha value is -2.37. The molecule has 0 radical (unpaired) electrons. The predicted molar refractivity (Wildman–Crippen MR) is 73.3 cm³/mol. The Labute approximate surface area is 116 Å². The quantitative estimate of drug-likeness (QED) is 0.874. The van der Waals surface area contributed by atoms with Gasteiger partial charge in [-0.1, -0.05) is 6.07 Å². The van der Waals surface area contributed by atoms with Crippen molar-refractivity contribution in [3.8, 4) is 0 Å². The number of nitrogens with zero attached hydrogens (tertiary/aromatic N) is 3. The topological polar surface area (TPSA) is 66.7 Å². The van der Waals surface area contributed by atoms with Crippen molar-refractivity contribution in [2.24, 2.45) is 0 Å². The normalized spacial score (nSPS) is 18.4. The second-order valence-corrected chi connectivity index (χ2v) is 4.86. The van der Waals surface area contributed by atoms with Crippen molar-refractivity contribution in [1.82, 2.24) is 19.8 Å². The van der Waals surface area contributed by atoms with Crippen LogP contribution < -0.4 is 5.32 Å². The molecule has 6 nitrogen and oxygen atoms in total. The Balaban J connectivity index is 1.94. The van der Waals surface area contributed by atoms with Gasteiger partial charge in [-0.3, -0.25) is 9.59 Å². The molecule has 6 heteroatoms. The summed E-state index contributed by atoms with van der Waals surface area (Å²) in [5.41, 5.74) is 1.31. The van der Waals surface area contributed by atoms with E-state index in [1.165, 1.54) is 0 Å². The third kappa shape index (κ3) is 1.93. The summed E-state index contributed by atoms with van der Waals surface area (Å²) in [4.78, 5) is 26.1. The number of fused-ring (bicyclic) bond motifs is 1. The molecule has 1 saturated heterocycles. The van der Waals surface area contributed by atoms with Gasteiger partial charge in [-0.05, 0) is 25.0 Å². The van der Waals surface area contributed by atoms with E-state index in [0.29, 0.717) is 18.5 Å². The number of hydrogen-bond acceptors (Lipinski definition) is 3. The van der Waals surface area contributed by atoms with Crippen LogP contribution in [0.1, 0.15) is 23.2 Å². The summed E-state index contributed by atoms with van der Waals surface area (Å²) in [6, 6.07) is 5.21.